The molecule has 0 heterocycles. The van der Waals surface area contributed by atoms with Gasteiger partial charge in [-0.15, -0.1) is 0 Å². The summed E-state index contributed by atoms with van der Waals surface area (Å²) in [7, 11) is 1.28. The number of rotatable bonds is 7. The van der Waals surface area contributed by atoms with Crippen LogP contribution in [0.15, 0.2) is 0 Å². The van der Waals surface area contributed by atoms with E-state index in [2.05, 4.69) is 4.74 Å². The van der Waals surface area contributed by atoms with Crippen LogP contribution in [0.3, 0.4) is 0 Å². The monoisotopic (exact) mass is 232 g/mol. The van der Waals surface area contributed by atoms with Gasteiger partial charge in [0.15, 0.2) is 0 Å². The number of carbonyl (C=O) groups is 2. The molecule has 0 fully saturated rings. The molecule has 0 aromatic rings. The molecule has 0 saturated heterocycles. The highest BCUT2D eigenvalue weighted by molar-refractivity contribution is 5.75. The lowest BCUT2D eigenvalue weighted by molar-refractivity contribution is -0.145. The summed E-state index contributed by atoms with van der Waals surface area (Å²) in [5, 5.41) is 0. The Morgan fingerprint density at radius 2 is 1.81 bits per heavy atom. The minimum absolute atomic E-state index is 0.219. The van der Waals surface area contributed by atoms with Crippen molar-refractivity contribution in [1.82, 2.24) is 0 Å². The van der Waals surface area contributed by atoms with Gasteiger partial charge in [-0.3, -0.25) is 9.59 Å². The summed E-state index contributed by atoms with van der Waals surface area (Å²) < 4.78 is 9.34. The van der Waals surface area contributed by atoms with E-state index in [-0.39, 0.29) is 6.61 Å². The van der Waals surface area contributed by atoms with E-state index in [1.165, 1.54) is 7.11 Å². The van der Waals surface area contributed by atoms with Crippen LogP contribution in [0, 0.1) is 0 Å². The van der Waals surface area contributed by atoms with Gasteiger partial charge in [0.05, 0.1) is 13.7 Å². The fraction of sp³-hybridized carbons (Fsp3) is 0.800. The lowest BCUT2D eigenvalue weighted by Gasteiger charge is -2.11. The van der Waals surface area contributed by atoms with Crippen LogP contribution in [0.25, 0.3) is 0 Å². The number of esters is 2. The Balaban J connectivity index is 3.60. The van der Waals surface area contributed by atoms with Crippen molar-refractivity contribution in [1.29, 1.82) is 0 Å². The van der Waals surface area contributed by atoms with Gasteiger partial charge in [-0.1, -0.05) is 6.92 Å². The zero-order valence-electron chi connectivity index (χ0n) is 9.77. The molecule has 4 N–H and O–H groups in total. The van der Waals surface area contributed by atoms with Gasteiger partial charge in [-0.2, -0.15) is 0 Å². The summed E-state index contributed by atoms with van der Waals surface area (Å²) in [5.41, 5.74) is 10.9. The lowest BCUT2D eigenvalue weighted by Crippen LogP contribution is -2.33. The lowest BCUT2D eigenvalue weighted by atomic mass is 10.2. The molecule has 0 spiro atoms. The highest BCUT2D eigenvalue weighted by Gasteiger charge is 2.15. The highest BCUT2D eigenvalue weighted by Crippen LogP contribution is 1.99. The Bertz CT molecular complexity index is 233. The van der Waals surface area contributed by atoms with Gasteiger partial charge in [0.25, 0.3) is 0 Å². The fourth-order valence-electron chi connectivity index (χ4n) is 1.02. The predicted molar refractivity (Wildman–Crippen MR) is 58.5 cm³/mol. The summed E-state index contributed by atoms with van der Waals surface area (Å²) in [5.74, 6) is -0.884. The molecule has 0 bridgehead atoms. The molecule has 0 unspecified atom stereocenters. The van der Waals surface area contributed by atoms with Crippen LogP contribution < -0.4 is 11.5 Å². The molecule has 0 aromatic carbocycles. The molecule has 2 atom stereocenters. The minimum Gasteiger partial charge on any atom is -0.468 e. The topological polar surface area (TPSA) is 105 Å². The Morgan fingerprint density at radius 3 is 2.31 bits per heavy atom. The van der Waals surface area contributed by atoms with Crippen molar-refractivity contribution < 1.29 is 19.1 Å². The van der Waals surface area contributed by atoms with Crippen molar-refractivity contribution in [3.8, 4) is 0 Å². The Hall–Kier alpha value is -1.14. The van der Waals surface area contributed by atoms with E-state index < -0.39 is 24.0 Å². The molecular weight excluding hydrogens is 212 g/mol. The molecule has 0 aromatic heterocycles. The van der Waals surface area contributed by atoms with E-state index in [0.29, 0.717) is 19.3 Å². The Labute approximate surface area is 95.3 Å². The van der Waals surface area contributed by atoms with E-state index in [0.717, 1.165) is 0 Å². The van der Waals surface area contributed by atoms with Crippen molar-refractivity contribution in [3.63, 3.8) is 0 Å². The predicted octanol–water partition coefficient (Wildman–Crippen LogP) is -0.453. The smallest absolute Gasteiger partial charge is 0.322 e. The molecule has 16 heavy (non-hydrogen) atoms. The molecule has 6 nitrogen and oxygen atoms in total. The molecular formula is C10H20N2O4. The third-order valence-corrected chi connectivity index (χ3v) is 2.15. The van der Waals surface area contributed by atoms with E-state index in [9.17, 15) is 9.59 Å². The standard InChI is InChI=1S/C10H20N2O4/c1-3-7(11)10(14)16-6-4-5-8(12)9(13)15-2/h7-8H,3-6,11-12H2,1-2H3/t7-,8-/m1/s1. The third-order valence-electron chi connectivity index (χ3n) is 2.15. The summed E-state index contributed by atoms with van der Waals surface area (Å²) in [6, 6.07) is -1.24. The van der Waals surface area contributed by atoms with Crippen molar-refractivity contribution in [3.05, 3.63) is 0 Å². The SMILES string of the molecule is CC[C@@H](N)C(=O)OCCC[C@@H](N)C(=O)OC. The van der Waals surface area contributed by atoms with Gasteiger partial charge < -0.3 is 20.9 Å². The quantitative estimate of drug-likeness (QED) is 0.455. The van der Waals surface area contributed by atoms with Crippen LogP contribution >= 0.6 is 0 Å². The van der Waals surface area contributed by atoms with Gasteiger partial charge in [-0.05, 0) is 19.3 Å². The molecule has 0 aliphatic carbocycles. The van der Waals surface area contributed by atoms with Crippen LogP contribution in [0.4, 0.5) is 0 Å². The molecule has 6 heteroatoms. The zero-order chi connectivity index (χ0) is 12.6. The first-order valence-corrected chi connectivity index (χ1v) is 5.28. The Kier molecular flexibility index (Phi) is 7.49. The van der Waals surface area contributed by atoms with Gasteiger partial charge in [0.1, 0.15) is 12.1 Å². The molecule has 0 aliphatic heterocycles. The first kappa shape index (κ1) is 14.9. The maximum Gasteiger partial charge on any atom is 0.322 e. The Morgan fingerprint density at radius 1 is 1.19 bits per heavy atom. The van der Waals surface area contributed by atoms with Gasteiger partial charge in [0.2, 0.25) is 0 Å². The molecule has 0 aliphatic rings. The van der Waals surface area contributed by atoms with Crippen LogP contribution in [-0.4, -0.2) is 37.7 Å². The molecule has 0 saturated carbocycles. The van der Waals surface area contributed by atoms with Gasteiger partial charge in [-0.25, -0.2) is 0 Å². The van der Waals surface area contributed by atoms with Crippen LogP contribution in [-0.2, 0) is 19.1 Å². The summed E-state index contributed by atoms with van der Waals surface area (Å²) in [6.07, 6.45) is 1.47. The fourth-order valence-corrected chi connectivity index (χ4v) is 1.02. The van der Waals surface area contributed by atoms with E-state index >= 15 is 0 Å². The first-order valence-electron chi connectivity index (χ1n) is 5.28. The molecule has 0 radical (unpaired) electrons. The summed E-state index contributed by atoms with van der Waals surface area (Å²) in [4.78, 5) is 22.1. The van der Waals surface area contributed by atoms with Crippen LogP contribution in [0.5, 0.6) is 0 Å². The van der Waals surface area contributed by atoms with Crippen molar-refractivity contribution >= 4 is 11.9 Å². The number of nitrogens with two attached hydrogens (primary N) is 2. The average Bonchev–Trinajstić information content (AvgIpc) is 2.31. The van der Waals surface area contributed by atoms with E-state index in [4.69, 9.17) is 16.2 Å². The normalized spacial score (nSPS) is 14.0. The molecule has 0 amide bonds. The number of hydrogen-bond donors (Lipinski definition) is 2. The van der Waals surface area contributed by atoms with E-state index in [1.54, 1.807) is 6.92 Å². The summed E-state index contributed by atoms with van der Waals surface area (Å²) in [6.45, 7) is 2.02. The minimum atomic E-state index is -0.663. The van der Waals surface area contributed by atoms with Crippen LogP contribution in [0.2, 0.25) is 0 Å². The third kappa shape index (κ3) is 5.67. The second kappa shape index (κ2) is 8.06. The largest absolute Gasteiger partial charge is 0.468 e. The van der Waals surface area contributed by atoms with Crippen molar-refractivity contribution in [2.75, 3.05) is 13.7 Å². The van der Waals surface area contributed by atoms with Gasteiger partial charge in [0, 0.05) is 0 Å². The molecule has 0 rings (SSSR count). The average molecular weight is 232 g/mol. The maximum atomic E-state index is 11.1. The summed E-state index contributed by atoms with van der Waals surface area (Å²) >= 11 is 0. The van der Waals surface area contributed by atoms with E-state index in [1.807, 2.05) is 0 Å². The second-order valence-electron chi connectivity index (χ2n) is 3.45. The number of hydrogen-bond acceptors (Lipinski definition) is 6. The number of methoxy groups -OCH3 is 1. The van der Waals surface area contributed by atoms with Crippen LogP contribution in [0.1, 0.15) is 26.2 Å². The maximum absolute atomic E-state index is 11.1. The number of ether oxygens (including phenoxy) is 2. The van der Waals surface area contributed by atoms with Gasteiger partial charge >= 0.3 is 11.9 Å². The second-order valence-corrected chi connectivity index (χ2v) is 3.45. The number of carbonyl (C=O) groups excluding carboxylic acids is 2. The van der Waals surface area contributed by atoms with Crippen molar-refractivity contribution in [2.24, 2.45) is 11.5 Å². The molecule has 94 valence electrons. The van der Waals surface area contributed by atoms with Crippen molar-refractivity contribution in [2.45, 2.75) is 38.3 Å². The first-order chi connectivity index (χ1) is 7.52. The highest BCUT2D eigenvalue weighted by atomic mass is 16.5. The zero-order valence-corrected chi connectivity index (χ0v) is 9.77.